The van der Waals surface area contributed by atoms with Crippen molar-refractivity contribution in [1.82, 2.24) is 10.0 Å². The molecule has 1 saturated carbocycles. The number of anilines is 1. The molecule has 1 heterocycles. The number of hydrogen-bond donors (Lipinski definition) is 2. The van der Waals surface area contributed by atoms with E-state index in [-0.39, 0.29) is 35.1 Å². The Labute approximate surface area is 208 Å². The van der Waals surface area contributed by atoms with Crippen molar-refractivity contribution in [1.29, 1.82) is 0 Å². The standard InChI is InChI=1S/C27H35N3O4S/c1-3-21-8-6-7-19(2)26(21)30-18-22(17-25(30)31)27(32)28-16-15-20-11-13-24(14-12-20)35(33,34)29-23-9-4-5-10-23/h6-8,11-14,22-23,29H,3-5,9-10,15-18H2,1-2H3,(H,28,32). The minimum atomic E-state index is -3.50. The van der Waals surface area contributed by atoms with Gasteiger partial charge in [0.25, 0.3) is 0 Å². The summed E-state index contributed by atoms with van der Waals surface area (Å²) >= 11 is 0. The highest BCUT2D eigenvalue weighted by atomic mass is 32.2. The molecule has 7 nitrogen and oxygen atoms in total. The van der Waals surface area contributed by atoms with Crippen molar-refractivity contribution in [2.45, 2.75) is 69.7 Å². The normalized spacial score (nSPS) is 18.9. The molecular formula is C27H35N3O4S. The molecule has 2 fully saturated rings. The third-order valence-electron chi connectivity index (χ3n) is 7.09. The highest BCUT2D eigenvalue weighted by molar-refractivity contribution is 7.89. The van der Waals surface area contributed by atoms with E-state index in [1.807, 2.05) is 25.1 Å². The van der Waals surface area contributed by atoms with Crippen LogP contribution in [0, 0.1) is 12.8 Å². The molecule has 1 aliphatic heterocycles. The van der Waals surface area contributed by atoms with Crippen molar-refractivity contribution in [3.63, 3.8) is 0 Å². The lowest BCUT2D eigenvalue weighted by atomic mass is 10.0. The van der Waals surface area contributed by atoms with E-state index in [0.717, 1.165) is 54.5 Å². The van der Waals surface area contributed by atoms with Crippen LogP contribution in [0.3, 0.4) is 0 Å². The van der Waals surface area contributed by atoms with Crippen LogP contribution < -0.4 is 14.9 Å². The number of carbonyl (C=O) groups excluding carboxylic acids is 2. The van der Waals surface area contributed by atoms with E-state index in [0.29, 0.717) is 19.5 Å². The summed E-state index contributed by atoms with van der Waals surface area (Å²) in [4.78, 5) is 27.5. The number of nitrogens with one attached hydrogen (secondary N) is 2. The molecule has 1 aliphatic carbocycles. The van der Waals surface area contributed by atoms with E-state index in [2.05, 4.69) is 17.0 Å². The quantitative estimate of drug-likeness (QED) is 0.554. The first-order chi connectivity index (χ1) is 16.8. The maximum atomic E-state index is 12.8. The van der Waals surface area contributed by atoms with Crippen molar-refractivity contribution in [2.75, 3.05) is 18.0 Å². The Morgan fingerprint density at radius 3 is 2.49 bits per heavy atom. The molecule has 2 aromatic rings. The fourth-order valence-corrected chi connectivity index (χ4v) is 6.44. The monoisotopic (exact) mass is 497 g/mol. The van der Waals surface area contributed by atoms with Gasteiger partial charge in [0.2, 0.25) is 21.8 Å². The van der Waals surface area contributed by atoms with E-state index >= 15 is 0 Å². The molecule has 0 bridgehead atoms. The molecule has 2 aromatic carbocycles. The summed E-state index contributed by atoms with van der Waals surface area (Å²) in [5.74, 6) is -0.509. The van der Waals surface area contributed by atoms with Crippen molar-refractivity contribution in [2.24, 2.45) is 5.92 Å². The van der Waals surface area contributed by atoms with Gasteiger partial charge in [0, 0.05) is 31.2 Å². The van der Waals surface area contributed by atoms with Crippen LogP contribution in [0.5, 0.6) is 0 Å². The first kappa shape index (κ1) is 25.4. The highest BCUT2D eigenvalue weighted by Gasteiger charge is 2.36. The molecule has 1 unspecified atom stereocenters. The fourth-order valence-electron chi connectivity index (χ4n) is 5.13. The van der Waals surface area contributed by atoms with Crippen molar-refractivity contribution >= 4 is 27.5 Å². The van der Waals surface area contributed by atoms with Gasteiger partial charge in [0.1, 0.15) is 0 Å². The number of sulfonamides is 1. The van der Waals surface area contributed by atoms with Crippen LogP contribution in [-0.2, 0) is 32.5 Å². The van der Waals surface area contributed by atoms with Crippen LogP contribution in [0.15, 0.2) is 47.4 Å². The Morgan fingerprint density at radius 1 is 1.09 bits per heavy atom. The Hall–Kier alpha value is -2.71. The minimum Gasteiger partial charge on any atom is -0.355 e. The third kappa shape index (κ3) is 5.93. The molecule has 1 saturated heterocycles. The number of carbonyl (C=O) groups is 2. The second-order valence-electron chi connectivity index (χ2n) is 9.63. The summed E-state index contributed by atoms with van der Waals surface area (Å²) < 4.78 is 27.9. The Morgan fingerprint density at radius 2 is 1.80 bits per heavy atom. The van der Waals surface area contributed by atoms with Gasteiger partial charge in [-0.15, -0.1) is 0 Å². The zero-order valence-corrected chi connectivity index (χ0v) is 21.4. The molecule has 8 heteroatoms. The molecule has 2 aliphatic rings. The number of para-hydroxylation sites is 1. The number of amides is 2. The smallest absolute Gasteiger partial charge is 0.240 e. The van der Waals surface area contributed by atoms with Gasteiger partial charge in [-0.3, -0.25) is 9.59 Å². The van der Waals surface area contributed by atoms with Crippen LogP contribution in [0.1, 0.15) is 55.7 Å². The van der Waals surface area contributed by atoms with Crippen LogP contribution in [0.2, 0.25) is 0 Å². The van der Waals surface area contributed by atoms with Gasteiger partial charge in [-0.1, -0.05) is 50.1 Å². The average Bonchev–Trinajstić information content (AvgIpc) is 3.48. The fraction of sp³-hybridized carbons (Fsp3) is 0.481. The summed E-state index contributed by atoms with van der Waals surface area (Å²) in [7, 11) is -3.50. The van der Waals surface area contributed by atoms with Gasteiger partial charge in [-0.05, 0) is 61.4 Å². The van der Waals surface area contributed by atoms with Gasteiger partial charge in [0.05, 0.1) is 10.8 Å². The summed E-state index contributed by atoms with van der Waals surface area (Å²) in [5.41, 5.74) is 4.04. The molecule has 188 valence electrons. The minimum absolute atomic E-state index is 0.0165. The summed E-state index contributed by atoms with van der Waals surface area (Å²) in [6.45, 7) is 4.89. The summed E-state index contributed by atoms with van der Waals surface area (Å²) in [5, 5.41) is 2.95. The molecule has 1 atom stereocenters. The van der Waals surface area contributed by atoms with E-state index in [4.69, 9.17) is 0 Å². The average molecular weight is 498 g/mol. The Bertz CT molecular complexity index is 1170. The summed E-state index contributed by atoms with van der Waals surface area (Å²) in [6.07, 6.45) is 5.55. The Kier molecular flexibility index (Phi) is 7.91. The lowest BCUT2D eigenvalue weighted by molar-refractivity contribution is -0.126. The maximum Gasteiger partial charge on any atom is 0.240 e. The number of rotatable bonds is 9. The molecule has 0 spiro atoms. The predicted octanol–water partition coefficient (Wildman–Crippen LogP) is 3.49. The molecular weight excluding hydrogens is 462 g/mol. The molecule has 2 amide bonds. The molecule has 35 heavy (non-hydrogen) atoms. The maximum absolute atomic E-state index is 12.8. The van der Waals surface area contributed by atoms with Gasteiger partial charge >= 0.3 is 0 Å². The molecule has 0 aromatic heterocycles. The number of benzene rings is 2. The lowest BCUT2D eigenvalue weighted by Crippen LogP contribution is -2.34. The third-order valence-corrected chi connectivity index (χ3v) is 8.63. The van der Waals surface area contributed by atoms with Gasteiger partial charge < -0.3 is 10.2 Å². The number of hydrogen-bond acceptors (Lipinski definition) is 4. The molecule has 4 rings (SSSR count). The van der Waals surface area contributed by atoms with Crippen molar-refractivity contribution < 1.29 is 18.0 Å². The zero-order valence-electron chi connectivity index (χ0n) is 20.5. The van der Waals surface area contributed by atoms with Crippen molar-refractivity contribution in [3.05, 3.63) is 59.2 Å². The largest absolute Gasteiger partial charge is 0.355 e. The van der Waals surface area contributed by atoms with E-state index in [1.54, 1.807) is 29.2 Å². The SMILES string of the molecule is CCc1cccc(C)c1N1CC(C(=O)NCCc2ccc(S(=O)(=O)NC3CCCC3)cc2)CC1=O. The molecule has 0 radical (unpaired) electrons. The van der Waals surface area contributed by atoms with E-state index in [1.165, 1.54) is 0 Å². The van der Waals surface area contributed by atoms with Gasteiger partial charge in [-0.2, -0.15) is 0 Å². The highest BCUT2D eigenvalue weighted by Crippen LogP contribution is 2.31. The van der Waals surface area contributed by atoms with E-state index < -0.39 is 10.0 Å². The first-order valence-electron chi connectivity index (χ1n) is 12.6. The van der Waals surface area contributed by atoms with Crippen LogP contribution in [0.4, 0.5) is 5.69 Å². The lowest BCUT2D eigenvalue weighted by Gasteiger charge is -2.22. The first-order valence-corrected chi connectivity index (χ1v) is 14.0. The van der Waals surface area contributed by atoms with E-state index in [9.17, 15) is 18.0 Å². The number of aryl methyl sites for hydroxylation is 2. The van der Waals surface area contributed by atoms with Gasteiger partial charge in [0.15, 0.2) is 0 Å². The van der Waals surface area contributed by atoms with Crippen LogP contribution in [-0.4, -0.2) is 39.4 Å². The zero-order chi connectivity index (χ0) is 25.0. The van der Waals surface area contributed by atoms with Crippen LogP contribution >= 0.6 is 0 Å². The van der Waals surface area contributed by atoms with Gasteiger partial charge in [-0.25, -0.2) is 13.1 Å². The molecule has 2 N–H and O–H groups in total. The van der Waals surface area contributed by atoms with Crippen molar-refractivity contribution in [3.8, 4) is 0 Å². The second kappa shape index (κ2) is 10.9. The number of nitrogens with zero attached hydrogens (tertiary/aromatic N) is 1. The topological polar surface area (TPSA) is 95.6 Å². The Balaban J connectivity index is 1.29. The predicted molar refractivity (Wildman–Crippen MR) is 137 cm³/mol. The second-order valence-corrected chi connectivity index (χ2v) is 11.3. The summed E-state index contributed by atoms with van der Waals surface area (Å²) in [6, 6.07) is 12.9. The van der Waals surface area contributed by atoms with Crippen LogP contribution in [0.25, 0.3) is 0 Å².